The van der Waals surface area contributed by atoms with Crippen molar-refractivity contribution in [3.63, 3.8) is 0 Å². The number of piperidine rings is 1. The SMILES string of the molecule is COC(=O)c1ccc(OCCCc2ccc(OCc3ccc(/C=C/c4ccccc4)cc3)cc2)c(C(=O)N2CCC(C(=O)OC)CC2)c1. The summed E-state index contributed by atoms with van der Waals surface area (Å²) in [7, 11) is 2.68. The Labute approximate surface area is 281 Å². The molecule has 0 N–H and O–H groups in total. The molecule has 0 aromatic heterocycles. The third kappa shape index (κ3) is 9.35. The first kappa shape index (κ1) is 34.0. The summed E-state index contributed by atoms with van der Waals surface area (Å²) in [4.78, 5) is 39.3. The van der Waals surface area contributed by atoms with Crippen LogP contribution in [0.1, 0.15) is 62.2 Å². The number of esters is 2. The second kappa shape index (κ2) is 17.0. The molecule has 1 amide bonds. The van der Waals surface area contributed by atoms with Gasteiger partial charge in [0.15, 0.2) is 0 Å². The summed E-state index contributed by atoms with van der Waals surface area (Å²) >= 11 is 0. The number of methoxy groups -OCH3 is 2. The molecule has 4 aromatic rings. The topological polar surface area (TPSA) is 91.4 Å². The van der Waals surface area contributed by atoms with Gasteiger partial charge in [0.2, 0.25) is 0 Å². The highest BCUT2D eigenvalue weighted by atomic mass is 16.5. The molecule has 1 aliphatic heterocycles. The van der Waals surface area contributed by atoms with Gasteiger partial charge in [0.1, 0.15) is 18.1 Å². The minimum absolute atomic E-state index is 0.220. The van der Waals surface area contributed by atoms with Gasteiger partial charge in [0.05, 0.1) is 37.9 Å². The van der Waals surface area contributed by atoms with Crippen LogP contribution in [-0.4, -0.2) is 56.7 Å². The Morgan fingerprint density at radius 1 is 0.750 bits per heavy atom. The molecule has 1 saturated heterocycles. The summed E-state index contributed by atoms with van der Waals surface area (Å²) in [6.45, 7) is 1.70. The van der Waals surface area contributed by atoms with Gasteiger partial charge in [-0.3, -0.25) is 9.59 Å². The molecule has 0 atom stereocenters. The largest absolute Gasteiger partial charge is 0.493 e. The van der Waals surface area contributed by atoms with E-state index < -0.39 is 5.97 Å². The Balaban J connectivity index is 1.10. The van der Waals surface area contributed by atoms with E-state index in [1.54, 1.807) is 17.0 Å². The summed E-state index contributed by atoms with van der Waals surface area (Å²) in [6, 6.07) is 31.3. The van der Waals surface area contributed by atoms with Crippen LogP contribution in [0.4, 0.5) is 0 Å². The second-order valence-electron chi connectivity index (χ2n) is 11.7. The van der Waals surface area contributed by atoms with Crippen LogP contribution in [0.5, 0.6) is 11.5 Å². The van der Waals surface area contributed by atoms with Crippen molar-refractivity contribution in [2.24, 2.45) is 5.92 Å². The third-order valence-electron chi connectivity index (χ3n) is 8.39. The Kier molecular flexibility index (Phi) is 12.0. The van der Waals surface area contributed by atoms with Crippen LogP contribution in [0.25, 0.3) is 12.2 Å². The maximum atomic E-state index is 13.5. The molecule has 4 aromatic carbocycles. The molecule has 5 rings (SSSR count). The Bertz CT molecular complexity index is 1690. The molecule has 0 bridgehead atoms. The highest BCUT2D eigenvalue weighted by molar-refractivity contribution is 6.00. The molecule has 0 unspecified atom stereocenters. The number of nitrogens with zero attached hydrogens (tertiary/aromatic N) is 1. The Morgan fingerprint density at radius 3 is 2.08 bits per heavy atom. The first-order chi connectivity index (χ1) is 23.4. The lowest BCUT2D eigenvalue weighted by Gasteiger charge is -2.31. The van der Waals surface area contributed by atoms with E-state index >= 15 is 0 Å². The lowest BCUT2D eigenvalue weighted by molar-refractivity contribution is -0.146. The van der Waals surface area contributed by atoms with E-state index in [4.69, 9.17) is 18.9 Å². The Hall–Kier alpha value is -5.37. The number of hydrogen-bond donors (Lipinski definition) is 0. The van der Waals surface area contributed by atoms with E-state index in [9.17, 15) is 14.4 Å². The molecule has 48 heavy (non-hydrogen) atoms. The number of hydrogen-bond acceptors (Lipinski definition) is 7. The monoisotopic (exact) mass is 647 g/mol. The average molecular weight is 648 g/mol. The molecule has 8 heteroatoms. The fraction of sp³-hybridized carbons (Fsp3) is 0.275. The maximum absolute atomic E-state index is 13.5. The van der Waals surface area contributed by atoms with E-state index in [0.29, 0.717) is 50.5 Å². The highest BCUT2D eigenvalue weighted by Crippen LogP contribution is 2.26. The van der Waals surface area contributed by atoms with Crippen LogP contribution >= 0.6 is 0 Å². The van der Waals surface area contributed by atoms with Crippen molar-refractivity contribution in [3.05, 3.63) is 130 Å². The van der Waals surface area contributed by atoms with Crippen LogP contribution in [0, 0.1) is 5.92 Å². The predicted molar refractivity (Wildman–Crippen MR) is 185 cm³/mol. The molecule has 1 aliphatic rings. The minimum atomic E-state index is -0.530. The molecule has 1 fully saturated rings. The molecule has 0 aliphatic carbocycles. The third-order valence-corrected chi connectivity index (χ3v) is 8.39. The van der Waals surface area contributed by atoms with E-state index in [0.717, 1.165) is 35.3 Å². The van der Waals surface area contributed by atoms with E-state index in [1.807, 2.05) is 42.5 Å². The first-order valence-corrected chi connectivity index (χ1v) is 16.2. The summed E-state index contributed by atoms with van der Waals surface area (Å²) in [6.07, 6.45) is 6.75. The van der Waals surface area contributed by atoms with Crippen LogP contribution in [0.3, 0.4) is 0 Å². The standard InChI is InChI=1S/C40H41NO7/c1-45-39(43)33-22-24-41(25-23-33)38(42)36-27-34(40(44)46-2)18-21-37(36)47-26-6-9-30-16-19-35(20-17-30)48-28-32-14-12-31(13-15-32)11-10-29-7-4-3-5-8-29/h3-5,7-8,10-21,27,33H,6,9,22-26,28H2,1-2H3/b11-10+. The van der Waals surface area contributed by atoms with Gasteiger partial charge in [-0.2, -0.15) is 0 Å². The van der Waals surface area contributed by atoms with Crippen LogP contribution in [-0.2, 0) is 27.3 Å². The molecule has 8 nitrogen and oxygen atoms in total. The lowest BCUT2D eigenvalue weighted by atomic mass is 9.96. The zero-order valence-electron chi connectivity index (χ0n) is 27.4. The van der Waals surface area contributed by atoms with Crippen molar-refractivity contribution >= 4 is 30.0 Å². The lowest BCUT2D eigenvalue weighted by Crippen LogP contribution is -2.40. The van der Waals surface area contributed by atoms with Gasteiger partial charge >= 0.3 is 11.9 Å². The number of benzene rings is 4. The molecular weight excluding hydrogens is 606 g/mol. The number of amides is 1. The van der Waals surface area contributed by atoms with Gasteiger partial charge in [0.25, 0.3) is 5.91 Å². The van der Waals surface area contributed by atoms with Gasteiger partial charge in [-0.05, 0) is 78.3 Å². The van der Waals surface area contributed by atoms with Crippen molar-refractivity contribution in [1.29, 1.82) is 0 Å². The van der Waals surface area contributed by atoms with Gasteiger partial charge in [-0.25, -0.2) is 4.79 Å². The predicted octanol–water partition coefficient (Wildman–Crippen LogP) is 7.26. The van der Waals surface area contributed by atoms with E-state index in [-0.39, 0.29) is 23.4 Å². The fourth-order valence-corrected chi connectivity index (χ4v) is 5.58. The Morgan fingerprint density at radius 2 is 1.42 bits per heavy atom. The summed E-state index contributed by atoms with van der Waals surface area (Å²) in [5, 5.41) is 0. The smallest absolute Gasteiger partial charge is 0.337 e. The van der Waals surface area contributed by atoms with Gasteiger partial charge < -0.3 is 23.8 Å². The first-order valence-electron chi connectivity index (χ1n) is 16.2. The molecule has 0 spiro atoms. The minimum Gasteiger partial charge on any atom is -0.493 e. The van der Waals surface area contributed by atoms with Gasteiger partial charge in [0, 0.05) is 13.1 Å². The molecule has 248 valence electrons. The zero-order valence-corrected chi connectivity index (χ0v) is 27.4. The van der Waals surface area contributed by atoms with Gasteiger partial charge in [-0.1, -0.05) is 78.9 Å². The summed E-state index contributed by atoms with van der Waals surface area (Å²) in [5.74, 6) is -0.0419. The van der Waals surface area contributed by atoms with Crippen LogP contribution in [0.2, 0.25) is 0 Å². The van der Waals surface area contributed by atoms with E-state index in [2.05, 4.69) is 48.6 Å². The number of rotatable bonds is 13. The number of aryl methyl sites for hydroxylation is 1. The summed E-state index contributed by atoms with van der Waals surface area (Å²) in [5.41, 5.74) is 5.11. The number of carbonyl (C=O) groups is 3. The fourth-order valence-electron chi connectivity index (χ4n) is 5.58. The quantitative estimate of drug-likeness (QED) is 0.0857. The number of ether oxygens (including phenoxy) is 4. The molecular formula is C40H41NO7. The van der Waals surface area contributed by atoms with Crippen molar-refractivity contribution < 1.29 is 33.3 Å². The average Bonchev–Trinajstić information content (AvgIpc) is 3.15. The molecule has 0 saturated carbocycles. The zero-order chi connectivity index (χ0) is 33.7. The number of likely N-dealkylation sites (tertiary alicyclic amines) is 1. The van der Waals surface area contributed by atoms with Crippen LogP contribution in [0.15, 0.2) is 97.1 Å². The van der Waals surface area contributed by atoms with Crippen molar-refractivity contribution in [3.8, 4) is 11.5 Å². The molecule has 0 radical (unpaired) electrons. The van der Waals surface area contributed by atoms with Crippen molar-refractivity contribution in [2.45, 2.75) is 32.3 Å². The van der Waals surface area contributed by atoms with Crippen molar-refractivity contribution in [1.82, 2.24) is 4.90 Å². The normalized spacial score (nSPS) is 13.2. The highest BCUT2D eigenvalue weighted by Gasteiger charge is 2.30. The molecule has 1 heterocycles. The van der Waals surface area contributed by atoms with Crippen LogP contribution < -0.4 is 9.47 Å². The van der Waals surface area contributed by atoms with E-state index in [1.165, 1.54) is 25.8 Å². The maximum Gasteiger partial charge on any atom is 0.337 e. The summed E-state index contributed by atoms with van der Waals surface area (Å²) < 4.78 is 21.8. The number of carbonyl (C=O) groups excluding carboxylic acids is 3. The van der Waals surface area contributed by atoms with Gasteiger partial charge in [-0.15, -0.1) is 0 Å². The van der Waals surface area contributed by atoms with Crippen molar-refractivity contribution in [2.75, 3.05) is 33.9 Å². The second-order valence-corrected chi connectivity index (χ2v) is 11.7.